The summed E-state index contributed by atoms with van der Waals surface area (Å²) in [5.41, 5.74) is 3.83. The molecular formula is C20H24F2N2O2. The highest BCUT2D eigenvalue weighted by Crippen LogP contribution is 2.18. The second-order valence-electron chi connectivity index (χ2n) is 6.08. The summed E-state index contributed by atoms with van der Waals surface area (Å²) < 4.78 is 28.5. The van der Waals surface area contributed by atoms with E-state index in [1.54, 1.807) is 12.1 Å². The van der Waals surface area contributed by atoms with Crippen LogP contribution in [0.4, 0.5) is 19.3 Å². The van der Waals surface area contributed by atoms with E-state index in [9.17, 15) is 13.6 Å². The Hall–Kier alpha value is -2.63. The molecule has 2 N–H and O–H groups in total. The maximum absolute atomic E-state index is 12.1. The number of carbonyl (C=O) groups excluding carboxylic acids is 1. The van der Waals surface area contributed by atoms with Crippen molar-refractivity contribution in [2.24, 2.45) is 0 Å². The molecule has 2 aromatic rings. The van der Waals surface area contributed by atoms with E-state index in [2.05, 4.69) is 28.4 Å². The van der Waals surface area contributed by atoms with Crippen LogP contribution in [0, 0.1) is 6.92 Å². The average Bonchev–Trinajstić information content (AvgIpc) is 2.61. The van der Waals surface area contributed by atoms with Crippen molar-refractivity contribution < 1.29 is 18.3 Å². The van der Waals surface area contributed by atoms with Gasteiger partial charge in [0.25, 0.3) is 0 Å². The van der Waals surface area contributed by atoms with Crippen molar-refractivity contribution in [3.63, 3.8) is 0 Å². The van der Waals surface area contributed by atoms with Crippen molar-refractivity contribution in [1.29, 1.82) is 0 Å². The molecule has 0 fully saturated rings. The van der Waals surface area contributed by atoms with Crippen LogP contribution in [0.25, 0.3) is 0 Å². The quantitative estimate of drug-likeness (QED) is 0.673. The van der Waals surface area contributed by atoms with E-state index in [1.807, 2.05) is 19.1 Å². The Morgan fingerprint density at radius 1 is 1.12 bits per heavy atom. The van der Waals surface area contributed by atoms with Crippen LogP contribution in [-0.4, -0.2) is 12.6 Å². The molecule has 140 valence electrons. The lowest BCUT2D eigenvalue weighted by Gasteiger charge is -2.12. The largest absolute Gasteiger partial charge is 0.435 e. The number of urea groups is 1. The van der Waals surface area contributed by atoms with Crippen LogP contribution in [0.5, 0.6) is 5.75 Å². The summed E-state index contributed by atoms with van der Waals surface area (Å²) in [7, 11) is 0. The molecule has 26 heavy (non-hydrogen) atoms. The number of rotatable bonds is 8. The fourth-order valence-corrected chi connectivity index (χ4v) is 2.54. The number of nitrogens with one attached hydrogen (secondary N) is 2. The number of hydrogen-bond acceptors (Lipinski definition) is 2. The van der Waals surface area contributed by atoms with Gasteiger partial charge in [-0.1, -0.05) is 37.6 Å². The number of unbranched alkanes of at least 4 members (excludes halogenated alkanes) is 1. The third-order valence-electron chi connectivity index (χ3n) is 3.96. The second-order valence-corrected chi connectivity index (χ2v) is 6.08. The van der Waals surface area contributed by atoms with Gasteiger partial charge in [0.1, 0.15) is 5.75 Å². The van der Waals surface area contributed by atoms with Gasteiger partial charge in [0.15, 0.2) is 0 Å². The van der Waals surface area contributed by atoms with Crippen LogP contribution in [0.1, 0.15) is 36.5 Å². The summed E-state index contributed by atoms with van der Waals surface area (Å²) in [5, 5.41) is 5.57. The minimum absolute atomic E-state index is 0.0898. The molecule has 0 aliphatic carbocycles. The number of benzene rings is 2. The Balaban J connectivity index is 1.85. The monoisotopic (exact) mass is 362 g/mol. The molecule has 2 aromatic carbocycles. The predicted octanol–water partition coefficient (Wildman–Crippen LogP) is 5.26. The van der Waals surface area contributed by atoms with Crippen LogP contribution in [0.3, 0.4) is 0 Å². The lowest BCUT2D eigenvalue weighted by molar-refractivity contribution is -0.0498. The average molecular weight is 362 g/mol. The molecule has 6 heteroatoms. The van der Waals surface area contributed by atoms with E-state index in [0.717, 1.165) is 36.1 Å². The normalized spacial score (nSPS) is 10.7. The number of aryl methyl sites for hydroxylation is 2. The van der Waals surface area contributed by atoms with Crippen LogP contribution < -0.4 is 15.4 Å². The summed E-state index contributed by atoms with van der Waals surface area (Å²) in [6.45, 7) is 1.56. The first kappa shape index (κ1) is 19.7. The Kier molecular flexibility index (Phi) is 7.38. The molecule has 2 amide bonds. The van der Waals surface area contributed by atoms with Crippen LogP contribution in [0.15, 0.2) is 42.5 Å². The number of alkyl halides is 2. The summed E-state index contributed by atoms with van der Waals surface area (Å²) in [6.07, 6.45) is 3.33. The van der Waals surface area contributed by atoms with E-state index in [1.165, 1.54) is 17.7 Å². The zero-order valence-corrected chi connectivity index (χ0v) is 15.0. The fourth-order valence-electron chi connectivity index (χ4n) is 2.54. The van der Waals surface area contributed by atoms with Crippen LogP contribution in [-0.2, 0) is 13.0 Å². The minimum Gasteiger partial charge on any atom is -0.435 e. The third-order valence-corrected chi connectivity index (χ3v) is 3.96. The second kappa shape index (κ2) is 9.75. The minimum atomic E-state index is -2.85. The molecule has 0 atom stereocenters. The number of hydrogen-bond donors (Lipinski definition) is 2. The molecule has 0 heterocycles. The summed E-state index contributed by atoms with van der Waals surface area (Å²) >= 11 is 0. The van der Waals surface area contributed by atoms with Gasteiger partial charge in [-0.25, -0.2) is 4.79 Å². The van der Waals surface area contributed by atoms with Crippen LogP contribution >= 0.6 is 0 Å². The standard InChI is InChI=1S/C20H24F2N2O2/c1-3-4-5-15-8-11-18(14(2)12-15)24-20(25)23-13-16-6-9-17(10-7-16)26-19(21)22/h6-12,19H,3-5,13H2,1-2H3,(H2,23,24,25). The molecule has 0 aromatic heterocycles. The first-order chi connectivity index (χ1) is 12.5. The van der Waals surface area contributed by atoms with Crippen molar-refractivity contribution in [2.75, 3.05) is 5.32 Å². The van der Waals surface area contributed by atoms with Crippen molar-refractivity contribution in [3.05, 3.63) is 59.2 Å². The zero-order valence-electron chi connectivity index (χ0n) is 15.0. The topological polar surface area (TPSA) is 50.4 Å². The van der Waals surface area contributed by atoms with E-state index in [-0.39, 0.29) is 18.3 Å². The maximum atomic E-state index is 12.1. The molecule has 2 rings (SSSR count). The number of anilines is 1. The van der Waals surface area contributed by atoms with Gasteiger partial charge in [0.2, 0.25) is 0 Å². The maximum Gasteiger partial charge on any atom is 0.387 e. The molecule has 0 aliphatic heterocycles. The Bertz CT molecular complexity index is 718. The number of carbonyl (C=O) groups is 1. The molecule has 0 saturated carbocycles. The molecule has 0 saturated heterocycles. The fraction of sp³-hybridized carbons (Fsp3) is 0.350. The van der Waals surface area contributed by atoms with Crippen molar-refractivity contribution in [1.82, 2.24) is 5.32 Å². The van der Waals surface area contributed by atoms with Crippen LogP contribution in [0.2, 0.25) is 0 Å². The van der Waals surface area contributed by atoms with Gasteiger partial charge in [0, 0.05) is 12.2 Å². The zero-order chi connectivity index (χ0) is 18.9. The van der Waals surface area contributed by atoms with E-state index < -0.39 is 6.61 Å². The Labute approximate surface area is 152 Å². The molecular weight excluding hydrogens is 338 g/mol. The Morgan fingerprint density at radius 2 is 1.81 bits per heavy atom. The van der Waals surface area contributed by atoms with Gasteiger partial charge in [-0.05, 0) is 54.7 Å². The van der Waals surface area contributed by atoms with Gasteiger partial charge in [-0.2, -0.15) is 8.78 Å². The Morgan fingerprint density at radius 3 is 2.42 bits per heavy atom. The van der Waals surface area contributed by atoms with Gasteiger partial charge in [-0.15, -0.1) is 0 Å². The molecule has 0 bridgehead atoms. The smallest absolute Gasteiger partial charge is 0.387 e. The first-order valence-electron chi connectivity index (χ1n) is 8.66. The first-order valence-corrected chi connectivity index (χ1v) is 8.66. The lowest BCUT2D eigenvalue weighted by atomic mass is 10.0. The summed E-state index contributed by atoms with van der Waals surface area (Å²) in [5.74, 6) is 0.0898. The van der Waals surface area contributed by atoms with E-state index in [0.29, 0.717) is 0 Å². The highest BCUT2D eigenvalue weighted by Gasteiger charge is 2.07. The lowest BCUT2D eigenvalue weighted by Crippen LogP contribution is -2.28. The van der Waals surface area contributed by atoms with Gasteiger partial charge < -0.3 is 15.4 Å². The van der Waals surface area contributed by atoms with E-state index in [4.69, 9.17) is 0 Å². The predicted molar refractivity (Wildman–Crippen MR) is 98.7 cm³/mol. The van der Waals surface area contributed by atoms with Crippen molar-refractivity contribution in [2.45, 2.75) is 46.3 Å². The molecule has 0 unspecified atom stereocenters. The molecule has 4 nitrogen and oxygen atoms in total. The summed E-state index contributed by atoms with van der Waals surface area (Å²) in [6, 6.07) is 11.9. The molecule has 0 radical (unpaired) electrons. The summed E-state index contributed by atoms with van der Waals surface area (Å²) in [4.78, 5) is 12.1. The number of halogens is 2. The highest BCUT2D eigenvalue weighted by molar-refractivity contribution is 5.90. The number of ether oxygens (including phenoxy) is 1. The van der Waals surface area contributed by atoms with Crippen molar-refractivity contribution >= 4 is 11.7 Å². The highest BCUT2D eigenvalue weighted by atomic mass is 19.3. The third kappa shape index (κ3) is 6.35. The van der Waals surface area contributed by atoms with Gasteiger partial charge >= 0.3 is 12.6 Å². The number of amides is 2. The van der Waals surface area contributed by atoms with Gasteiger partial charge in [0.05, 0.1) is 0 Å². The van der Waals surface area contributed by atoms with Crippen molar-refractivity contribution in [3.8, 4) is 5.75 Å². The SMILES string of the molecule is CCCCc1ccc(NC(=O)NCc2ccc(OC(F)F)cc2)c(C)c1. The van der Waals surface area contributed by atoms with E-state index >= 15 is 0 Å². The van der Waals surface area contributed by atoms with Gasteiger partial charge in [-0.3, -0.25) is 0 Å². The molecule has 0 spiro atoms. The molecule has 0 aliphatic rings.